The standard InChI is InChI=1S/C25H31N3O5S/c1-6-20(23(30)26-25(3,4)5)27(15-18-12-8-7-11-17(18)2)22(29)16-28-24(31)19-13-9-10-14-21(19)34(28,32)33/h7-14,20H,6,15-16H2,1-5H3,(H,26,30)/t20-/m1/s1. The molecule has 0 aromatic heterocycles. The van der Waals surface area contributed by atoms with Crippen LogP contribution in [0.5, 0.6) is 0 Å². The summed E-state index contributed by atoms with van der Waals surface area (Å²) < 4.78 is 26.6. The van der Waals surface area contributed by atoms with E-state index in [9.17, 15) is 22.8 Å². The zero-order valence-corrected chi connectivity index (χ0v) is 21.0. The molecule has 2 aromatic rings. The molecule has 9 heteroatoms. The first kappa shape index (κ1) is 25.4. The third-order valence-electron chi connectivity index (χ3n) is 5.68. The van der Waals surface area contributed by atoms with Gasteiger partial charge in [0.15, 0.2) is 0 Å². The molecule has 1 aliphatic heterocycles. The van der Waals surface area contributed by atoms with Crippen molar-refractivity contribution in [1.29, 1.82) is 0 Å². The topological polar surface area (TPSA) is 104 Å². The van der Waals surface area contributed by atoms with E-state index in [1.165, 1.54) is 23.1 Å². The molecule has 0 fully saturated rings. The quantitative estimate of drug-likeness (QED) is 0.650. The largest absolute Gasteiger partial charge is 0.350 e. The zero-order chi connectivity index (χ0) is 25.3. The van der Waals surface area contributed by atoms with Crippen LogP contribution >= 0.6 is 0 Å². The molecular weight excluding hydrogens is 454 g/mol. The Morgan fingerprint density at radius 3 is 2.26 bits per heavy atom. The van der Waals surface area contributed by atoms with Gasteiger partial charge in [-0.1, -0.05) is 43.3 Å². The minimum atomic E-state index is -4.15. The maximum Gasteiger partial charge on any atom is 0.269 e. The molecule has 1 atom stereocenters. The average molecular weight is 486 g/mol. The molecule has 0 unspecified atom stereocenters. The van der Waals surface area contributed by atoms with Gasteiger partial charge in [0.25, 0.3) is 15.9 Å². The van der Waals surface area contributed by atoms with Crippen LogP contribution in [0.2, 0.25) is 0 Å². The fourth-order valence-electron chi connectivity index (χ4n) is 3.94. The Bertz CT molecular complexity index is 1220. The predicted molar refractivity (Wildman–Crippen MR) is 128 cm³/mol. The molecule has 34 heavy (non-hydrogen) atoms. The van der Waals surface area contributed by atoms with Gasteiger partial charge in [-0.15, -0.1) is 0 Å². The highest BCUT2D eigenvalue weighted by atomic mass is 32.2. The fourth-order valence-corrected chi connectivity index (χ4v) is 5.46. The van der Waals surface area contributed by atoms with Crippen molar-refractivity contribution in [2.45, 2.75) is 64.1 Å². The summed E-state index contributed by atoms with van der Waals surface area (Å²) >= 11 is 0. The molecule has 0 spiro atoms. The van der Waals surface area contributed by atoms with Crippen LogP contribution in [0.4, 0.5) is 0 Å². The smallest absolute Gasteiger partial charge is 0.269 e. The highest BCUT2D eigenvalue weighted by molar-refractivity contribution is 7.90. The number of benzene rings is 2. The van der Waals surface area contributed by atoms with Gasteiger partial charge in [-0.3, -0.25) is 14.4 Å². The van der Waals surface area contributed by atoms with Gasteiger partial charge in [0.1, 0.15) is 17.5 Å². The monoisotopic (exact) mass is 485 g/mol. The number of sulfonamides is 1. The van der Waals surface area contributed by atoms with E-state index in [1.807, 2.05) is 52.0 Å². The number of amides is 3. The van der Waals surface area contributed by atoms with Crippen LogP contribution in [-0.2, 0) is 26.2 Å². The van der Waals surface area contributed by atoms with E-state index in [0.29, 0.717) is 10.7 Å². The summed E-state index contributed by atoms with van der Waals surface area (Å²) in [4.78, 5) is 40.8. The van der Waals surface area contributed by atoms with Crippen LogP contribution in [-0.4, -0.2) is 53.5 Å². The third kappa shape index (κ3) is 5.14. The van der Waals surface area contributed by atoms with Crippen LogP contribution in [0.15, 0.2) is 53.4 Å². The van der Waals surface area contributed by atoms with E-state index in [-0.39, 0.29) is 22.9 Å². The SMILES string of the molecule is CC[C@H](C(=O)NC(C)(C)C)N(Cc1ccccc1C)C(=O)CN1C(=O)c2ccccc2S1(=O)=O. The van der Waals surface area contributed by atoms with Crippen LogP contribution in [0.25, 0.3) is 0 Å². The molecule has 0 saturated heterocycles. The number of nitrogens with zero attached hydrogens (tertiary/aromatic N) is 2. The van der Waals surface area contributed by atoms with Crippen molar-refractivity contribution in [1.82, 2.24) is 14.5 Å². The van der Waals surface area contributed by atoms with Crippen LogP contribution in [0, 0.1) is 6.92 Å². The number of carbonyl (C=O) groups is 3. The van der Waals surface area contributed by atoms with Crippen molar-refractivity contribution in [2.24, 2.45) is 0 Å². The third-order valence-corrected chi connectivity index (χ3v) is 7.46. The Morgan fingerprint density at radius 1 is 1.06 bits per heavy atom. The molecule has 3 amide bonds. The van der Waals surface area contributed by atoms with Crippen molar-refractivity contribution >= 4 is 27.7 Å². The molecule has 8 nitrogen and oxygen atoms in total. The molecule has 0 saturated carbocycles. The predicted octanol–water partition coefficient (Wildman–Crippen LogP) is 2.86. The Kier molecular flexibility index (Phi) is 7.16. The summed E-state index contributed by atoms with van der Waals surface area (Å²) in [5, 5.41) is 2.91. The molecule has 2 aromatic carbocycles. The van der Waals surface area contributed by atoms with Gasteiger partial charge in [-0.2, -0.15) is 0 Å². The molecule has 1 heterocycles. The Balaban J connectivity index is 1.96. The molecular formula is C25H31N3O5S. The first-order valence-corrected chi connectivity index (χ1v) is 12.6. The second-order valence-electron chi connectivity index (χ2n) is 9.42. The van der Waals surface area contributed by atoms with E-state index in [0.717, 1.165) is 11.1 Å². The summed E-state index contributed by atoms with van der Waals surface area (Å²) in [5.74, 6) is -1.70. The van der Waals surface area contributed by atoms with Gasteiger partial charge in [0.2, 0.25) is 11.8 Å². The first-order valence-electron chi connectivity index (χ1n) is 11.2. The van der Waals surface area contributed by atoms with Gasteiger partial charge >= 0.3 is 0 Å². The highest BCUT2D eigenvalue weighted by Gasteiger charge is 2.43. The minimum absolute atomic E-state index is 0.0401. The Morgan fingerprint density at radius 2 is 1.68 bits per heavy atom. The zero-order valence-electron chi connectivity index (χ0n) is 20.2. The van der Waals surface area contributed by atoms with E-state index >= 15 is 0 Å². The van der Waals surface area contributed by atoms with Crippen LogP contribution in [0.1, 0.15) is 55.6 Å². The lowest BCUT2D eigenvalue weighted by atomic mass is 10.0. The van der Waals surface area contributed by atoms with E-state index in [1.54, 1.807) is 13.0 Å². The molecule has 0 aliphatic carbocycles. The number of nitrogens with one attached hydrogen (secondary N) is 1. The van der Waals surface area contributed by atoms with Gasteiger partial charge in [0, 0.05) is 12.1 Å². The van der Waals surface area contributed by atoms with E-state index in [4.69, 9.17) is 0 Å². The number of rotatable bonds is 7. The summed E-state index contributed by atoms with van der Waals surface area (Å²) in [6.07, 6.45) is 0.320. The number of hydrogen-bond donors (Lipinski definition) is 1. The van der Waals surface area contributed by atoms with Crippen LogP contribution < -0.4 is 5.32 Å². The summed E-state index contributed by atoms with van der Waals surface area (Å²) in [5.41, 5.74) is 1.29. The number of hydrogen-bond acceptors (Lipinski definition) is 5. The molecule has 1 N–H and O–H groups in total. The molecule has 1 aliphatic rings. The maximum absolute atomic E-state index is 13.6. The van der Waals surface area contributed by atoms with Crippen molar-refractivity contribution in [2.75, 3.05) is 6.54 Å². The first-order chi connectivity index (χ1) is 15.9. The Hall–Kier alpha value is -3.20. The summed E-state index contributed by atoms with van der Waals surface area (Å²) in [6, 6.07) is 12.5. The van der Waals surface area contributed by atoms with Gasteiger partial charge in [-0.05, 0) is 57.4 Å². The van der Waals surface area contributed by atoms with Gasteiger partial charge < -0.3 is 10.2 Å². The van der Waals surface area contributed by atoms with Crippen molar-refractivity contribution in [3.05, 3.63) is 65.2 Å². The lowest BCUT2D eigenvalue weighted by Gasteiger charge is -2.34. The molecule has 0 bridgehead atoms. The van der Waals surface area contributed by atoms with Crippen molar-refractivity contribution in [3.8, 4) is 0 Å². The molecule has 3 rings (SSSR count). The normalized spacial score (nSPS) is 15.6. The van der Waals surface area contributed by atoms with Crippen LogP contribution in [0.3, 0.4) is 0 Å². The Labute approximate surface area is 201 Å². The number of fused-ring (bicyclic) bond motifs is 1. The highest BCUT2D eigenvalue weighted by Crippen LogP contribution is 2.30. The second kappa shape index (κ2) is 9.58. The van der Waals surface area contributed by atoms with Gasteiger partial charge in [-0.25, -0.2) is 12.7 Å². The van der Waals surface area contributed by atoms with Crippen molar-refractivity contribution in [3.63, 3.8) is 0 Å². The molecule has 0 radical (unpaired) electrons. The van der Waals surface area contributed by atoms with E-state index in [2.05, 4.69) is 5.32 Å². The number of carbonyl (C=O) groups excluding carboxylic acids is 3. The fraction of sp³-hybridized carbons (Fsp3) is 0.400. The van der Waals surface area contributed by atoms with Crippen molar-refractivity contribution < 1.29 is 22.8 Å². The maximum atomic E-state index is 13.6. The number of aryl methyl sites for hydroxylation is 1. The summed E-state index contributed by atoms with van der Waals surface area (Å²) in [6.45, 7) is 8.66. The van der Waals surface area contributed by atoms with E-state index < -0.39 is 40.0 Å². The second-order valence-corrected chi connectivity index (χ2v) is 11.3. The average Bonchev–Trinajstić information content (AvgIpc) is 2.94. The lowest BCUT2D eigenvalue weighted by molar-refractivity contribution is -0.142. The van der Waals surface area contributed by atoms with Gasteiger partial charge in [0.05, 0.1) is 5.56 Å². The molecule has 182 valence electrons. The lowest BCUT2D eigenvalue weighted by Crippen LogP contribution is -2.55. The summed E-state index contributed by atoms with van der Waals surface area (Å²) in [7, 11) is -4.15. The minimum Gasteiger partial charge on any atom is -0.350 e.